The first-order chi connectivity index (χ1) is 37.5. The summed E-state index contributed by atoms with van der Waals surface area (Å²) in [6, 6.07) is -0.635. The van der Waals surface area contributed by atoms with Crippen LogP contribution in [-0.4, -0.2) is 47.4 Å². The molecule has 446 valence electrons. The lowest BCUT2D eigenvalue weighted by Crippen LogP contribution is -2.45. The van der Waals surface area contributed by atoms with E-state index >= 15 is 0 Å². The van der Waals surface area contributed by atoms with Crippen LogP contribution in [-0.2, 0) is 14.3 Å². The number of allylic oxidation sites excluding steroid dienone is 7. The fourth-order valence-electron chi connectivity index (χ4n) is 10.4. The zero-order chi connectivity index (χ0) is 55.0. The van der Waals surface area contributed by atoms with Crippen LogP contribution in [0.2, 0.25) is 0 Å². The van der Waals surface area contributed by atoms with Crippen molar-refractivity contribution >= 4 is 11.9 Å². The third-order valence-electron chi connectivity index (χ3n) is 15.5. The molecular weight excluding hydrogens is 935 g/mol. The number of aliphatic hydroxyl groups excluding tert-OH is 2. The number of hydrogen-bond donors (Lipinski definition) is 3. The van der Waals surface area contributed by atoms with Crippen molar-refractivity contribution in [3.63, 3.8) is 0 Å². The van der Waals surface area contributed by atoms with E-state index in [4.69, 9.17) is 4.74 Å². The first-order valence-electron chi connectivity index (χ1n) is 33.9. The first kappa shape index (κ1) is 73.8. The van der Waals surface area contributed by atoms with E-state index in [-0.39, 0.29) is 18.5 Å². The second-order valence-corrected chi connectivity index (χ2v) is 23.1. The van der Waals surface area contributed by atoms with Gasteiger partial charge in [-0.15, -0.1) is 0 Å². The van der Waals surface area contributed by atoms with E-state index in [1.165, 1.54) is 276 Å². The summed E-state index contributed by atoms with van der Waals surface area (Å²) in [7, 11) is 0. The van der Waals surface area contributed by atoms with E-state index in [0.717, 1.165) is 57.8 Å². The Morgan fingerprint density at radius 2 is 0.684 bits per heavy atom. The van der Waals surface area contributed by atoms with Gasteiger partial charge in [-0.25, -0.2) is 0 Å². The van der Waals surface area contributed by atoms with Gasteiger partial charge in [-0.3, -0.25) is 9.59 Å². The molecule has 1 amide bonds. The summed E-state index contributed by atoms with van der Waals surface area (Å²) < 4.78 is 5.47. The minimum absolute atomic E-state index is 0.00435. The maximum atomic E-state index is 12.5. The van der Waals surface area contributed by atoms with Crippen molar-refractivity contribution in [1.29, 1.82) is 0 Å². The topological polar surface area (TPSA) is 95.9 Å². The lowest BCUT2D eigenvalue weighted by atomic mass is 10.0. The van der Waals surface area contributed by atoms with Gasteiger partial charge in [0.25, 0.3) is 0 Å². The number of hydrogen-bond acceptors (Lipinski definition) is 5. The number of rotatable bonds is 63. The van der Waals surface area contributed by atoms with E-state index in [2.05, 4.69) is 55.6 Å². The highest BCUT2D eigenvalue weighted by atomic mass is 16.5. The standard InChI is InChI=1S/C70H131NO5/c1-3-5-7-9-11-13-15-17-18-19-20-21-23-26-29-32-35-39-42-46-50-54-58-62-68(73)67(66-72)71-69(74)63-59-55-51-47-43-40-36-33-30-27-24-22-25-28-31-34-37-41-45-49-53-57-61-65-76-70(75)64-60-56-52-48-44-38-16-14-12-10-8-6-4-2/h8,10,14,16,27,30,58,62,67-68,72-73H,3-7,9,11-13,15,17-26,28-29,31-57,59-61,63-66H2,1-2H3,(H,71,74)/b10-8-,16-14-,30-27-,62-58+. The summed E-state index contributed by atoms with van der Waals surface area (Å²) in [5, 5.41) is 23.2. The van der Waals surface area contributed by atoms with Crippen LogP contribution in [0.3, 0.4) is 0 Å². The Bertz CT molecular complexity index is 1270. The smallest absolute Gasteiger partial charge is 0.305 e. The molecule has 0 aromatic rings. The van der Waals surface area contributed by atoms with Gasteiger partial charge in [0.2, 0.25) is 5.91 Å². The van der Waals surface area contributed by atoms with Gasteiger partial charge >= 0.3 is 5.97 Å². The molecule has 76 heavy (non-hydrogen) atoms. The van der Waals surface area contributed by atoms with Crippen LogP contribution in [0.4, 0.5) is 0 Å². The highest BCUT2D eigenvalue weighted by Gasteiger charge is 2.18. The lowest BCUT2D eigenvalue weighted by Gasteiger charge is -2.20. The van der Waals surface area contributed by atoms with Crippen LogP contribution in [0.15, 0.2) is 48.6 Å². The van der Waals surface area contributed by atoms with E-state index in [1.54, 1.807) is 6.08 Å². The first-order valence-corrected chi connectivity index (χ1v) is 33.9. The molecule has 0 bridgehead atoms. The zero-order valence-corrected chi connectivity index (χ0v) is 51.0. The molecule has 0 fully saturated rings. The number of carbonyl (C=O) groups excluding carboxylic acids is 2. The molecule has 0 rings (SSSR count). The van der Waals surface area contributed by atoms with Crippen LogP contribution in [0.25, 0.3) is 0 Å². The molecule has 6 heteroatoms. The van der Waals surface area contributed by atoms with Gasteiger partial charge in [0.1, 0.15) is 0 Å². The Labute approximate surface area is 474 Å². The minimum Gasteiger partial charge on any atom is -0.466 e. The fraction of sp³-hybridized carbons (Fsp3) is 0.857. The third-order valence-corrected chi connectivity index (χ3v) is 15.5. The molecule has 2 atom stereocenters. The summed E-state index contributed by atoms with van der Waals surface area (Å²) in [4.78, 5) is 24.6. The normalized spacial score (nSPS) is 12.8. The van der Waals surface area contributed by atoms with Crippen molar-refractivity contribution in [3.8, 4) is 0 Å². The molecule has 0 aliphatic rings. The van der Waals surface area contributed by atoms with E-state index < -0.39 is 12.1 Å². The molecule has 0 radical (unpaired) electrons. The average molecular weight is 1070 g/mol. The van der Waals surface area contributed by atoms with Gasteiger partial charge < -0.3 is 20.3 Å². The van der Waals surface area contributed by atoms with Gasteiger partial charge in [-0.1, -0.05) is 313 Å². The molecule has 0 aliphatic carbocycles. The van der Waals surface area contributed by atoms with Crippen LogP contribution in [0.1, 0.15) is 361 Å². The number of amides is 1. The van der Waals surface area contributed by atoms with Crippen LogP contribution >= 0.6 is 0 Å². The van der Waals surface area contributed by atoms with Crippen LogP contribution in [0, 0.1) is 0 Å². The Kier molecular flexibility index (Phi) is 63.5. The molecule has 6 nitrogen and oxygen atoms in total. The molecule has 0 saturated heterocycles. The summed E-state index contributed by atoms with van der Waals surface area (Å²) in [5.74, 6) is -0.0759. The second-order valence-electron chi connectivity index (χ2n) is 23.1. The van der Waals surface area contributed by atoms with Crippen molar-refractivity contribution in [1.82, 2.24) is 5.32 Å². The monoisotopic (exact) mass is 1070 g/mol. The average Bonchev–Trinajstić information content (AvgIpc) is 3.42. The second kappa shape index (κ2) is 65.3. The molecule has 2 unspecified atom stereocenters. The Morgan fingerprint density at radius 1 is 0.368 bits per heavy atom. The molecule has 0 aromatic heterocycles. The number of aliphatic hydroxyl groups is 2. The number of nitrogens with one attached hydrogen (secondary N) is 1. The highest BCUT2D eigenvalue weighted by Crippen LogP contribution is 2.18. The minimum atomic E-state index is -0.851. The fourth-order valence-corrected chi connectivity index (χ4v) is 10.4. The van der Waals surface area contributed by atoms with Gasteiger partial charge in [0.15, 0.2) is 0 Å². The van der Waals surface area contributed by atoms with Gasteiger partial charge in [-0.2, -0.15) is 0 Å². The number of ether oxygens (including phenoxy) is 1. The van der Waals surface area contributed by atoms with Gasteiger partial charge in [0.05, 0.1) is 25.4 Å². The Hall–Kier alpha value is -2.18. The van der Waals surface area contributed by atoms with E-state index in [0.29, 0.717) is 19.4 Å². The highest BCUT2D eigenvalue weighted by molar-refractivity contribution is 5.76. The van der Waals surface area contributed by atoms with Crippen LogP contribution in [0.5, 0.6) is 0 Å². The summed E-state index contributed by atoms with van der Waals surface area (Å²) in [6.07, 6.45) is 84.6. The largest absolute Gasteiger partial charge is 0.466 e. The van der Waals surface area contributed by atoms with Gasteiger partial charge in [-0.05, 0) is 83.5 Å². The summed E-state index contributed by atoms with van der Waals surface area (Å²) in [5.41, 5.74) is 0. The maximum absolute atomic E-state index is 12.5. The van der Waals surface area contributed by atoms with Crippen molar-refractivity contribution in [2.24, 2.45) is 0 Å². The molecule has 0 aromatic carbocycles. The van der Waals surface area contributed by atoms with E-state index in [9.17, 15) is 19.8 Å². The quantitative estimate of drug-likeness (QED) is 0.0320. The number of unbranched alkanes of at least 4 members (excludes halogenated alkanes) is 46. The van der Waals surface area contributed by atoms with Gasteiger partial charge in [0, 0.05) is 12.8 Å². The van der Waals surface area contributed by atoms with Crippen molar-refractivity contribution < 1.29 is 24.5 Å². The Balaban J connectivity index is 3.45. The molecule has 0 aliphatic heterocycles. The molecule has 0 saturated carbocycles. The number of esters is 1. The predicted molar refractivity (Wildman–Crippen MR) is 333 cm³/mol. The molecule has 0 spiro atoms. The SMILES string of the molecule is CCC/C=C\C/C=C\CCCCCCCC(=O)OCCCCCCCCCCCCCC/C=C\CCCCCCCCCC(=O)NC(CO)C(O)/C=C/CCCCCCCCCCCCCCCCCCCCCCC. The maximum Gasteiger partial charge on any atom is 0.305 e. The Morgan fingerprint density at radius 3 is 1.07 bits per heavy atom. The zero-order valence-electron chi connectivity index (χ0n) is 51.0. The van der Waals surface area contributed by atoms with Crippen molar-refractivity contribution in [2.45, 2.75) is 373 Å². The van der Waals surface area contributed by atoms with Crippen molar-refractivity contribution in [3.05, 3.63) is 48.6 Å². The molecule has 0 heterocycles. The summed E-state index contributed by atoms with van der Waals surface area (Å²) in [6.45, 7) is 4.85. The number of carbonyl (C=O) groups is 2. The predicted octanol–water partition coefficient (Wildman–Crippen LogP) is 21.7. The summed E-state index contributed by atoms with van der Waals surface area (Å²) >= 11 is 0. The lowest BCUT2D eigenvalue weighted by molar-refractivity contribution is -0.143. The molecular formula is C70H131NO5. The van der Waals surface area contributed by atoms with Crippen LogP contribution < -0.4 is 5.32 Å². The van der Waals surface area contributed by atoms with E-state index in [1.807, 2.05) is 6.08 Å². The third kappa shape index (κ3) is 61.0. The molecule has 3 N–H and O–H groups in total. The van der Waals surface area contributed by atoms with Crippen molar-refractivity contribution in [2.75, 3.05) is 13.2 Å².